The van der Waals surface area contributed by atoms with E-state index >= 15 is 0 Å². The van der Waals surface area contributed by atoms with Gasteiger partial charge in [-0.2, -0.15) is 0 Å². The Morgan fingerprint density at radius 1 is 0.887 bits per heavy atom. The number of carbonyl (C=O) groups excluding carboxylic acids is 6. The fourth-order valence-electron chi connectivity index (χ4n) is 8.10. The number of alkyl halides is 1. The van der Waals surface area contributed by atoms with Gasteiger partial charge in [-0.15, -0.1) is 11.6 Å². The lowest BCUT2D eigenvalue weighted by atomic mass is 9.87. The van der Waals surface area contributed by atoms with Gasteiger partial charge >= 0.3 is 12.1 Å². The summed E-state index contributed by atoms with van der Waals surface area (Å²) in [6, 6.07) is 20.6. The number of ether oxygens (including phenoxy) is 3. The fourth-order valence-corrected chi connectivity index (χ4v) is 8.35. The average molecular weight is 998 g/mol. The normalized spacial score (nSPS) is 14.4. The fraction of sp³-hybridized carbons (Fsp3) is 0.434. The molecule has 4 aromatic carbocycles. The number of benzene rings is 4. The molecule has 7 amide bonds. The lowest BCUT2D eigenvalue weighted by molar-refractivity contribution is -0.137. The minimum atomic E-state index is -1.05. The molecule has 0 saturated carbocycles. The molecule has 1 aliphatic rings. The number of amides is 7. The second kappa shape index (κ2) is 25.4. The van der Waals surface area contributed by atoms with E-state index in [9.17, 15) is 28.8 Å². The summed E-state index contributed by atoms with van der Waals surface area (Å²) >= 11 is 6.47. The molecule has 17 nitrogen and oxygen atoms in total. The third-order valence-electron chi connectivity index (χ3n) is 12.4. The molecule has 18 heteroatoms. The number of primary amides is 1. The number of nitrogens with zero attached hydrogens (tertiary/aromatic N) is 1. The molecule has 3 unspecified atom stereocenters. The van der Waals surface area contributed by atoms with Crippen LogP contribution in [0.3, 0.4) is 0 Å². The summed E-state index contributed by atoms with van der Waals surface area (Å²) in [4.78, 5) is 81.2. The number of halogens is 1. The Hall–Kier alpha value is -6.69. The quantitative estimate of drug-likeness (QED) is 0.0206. The summed E-state index contributed by atoms with van der Waals surface area (Å²) in [7, 11) is 1.59. The summed E-state index contributed by atoms with van der Waals surface area (Å²) in [5, 5.41) is 15.5. The Bertz CT molecular complexity index is 2530. The highest BCUT2D eigenvalue weighted by atomic mass is 35.5. The Kier molecular flexibility index (Phi) is 19.8. The lowest BCUT2D eigenvalue weighted by Crippen LogP contribution is -2.56. The van der Waals surface area contributed by atoms with Gasteiger partial charge in [-0.1, -0.05) is 76.2 Å². The molecule has 0 spiro atoms. The van der Waals surface area contributed by atoms with Crippen LogP contribution in [0.4, 0.5) is 26.7 Å². The first kappa shape index (κ1) is 55.2. The van der Waals surface area contributed by atoms with Crippen LogP contribution in [0.25, 0.3) is 16.8 Å². The average Bonchev–Trinajstić information content (AvgIpc) is 3.71. The van der Waals surface area contributed by atoms with Crippen LogP contribution in [0.1, 0.15) is 89.8 Å². The van der Waals surface area contributed by atoms with Crippen molar-refractivity contribution in [3.8, 4) is 5.75 Å². The van der Waals surface area contributed by atoms with E-state index < -0.39 is 47.0 Å². The summed E-state index contributed by atoms with van der Waals surface area (Å²) in [5.41, 5.74) is 13.5. The summed E-state index contributed by atoms with van der Waals surface area (Å²) < 4.78 is 16.9. The van der Waals surface area contributed by atoms with E-state index in [1.807, 2.05) is 62.4 Å². The summed E-state index contributed by atoms with van der Waals surface area (Å²) in [6.45, 7) is 12.3. The van der Waals surface area contributed by atoms with Crippen LogP contribution in [0.5, 0.6) is 5.75 Å². The number of hydrogen-bond donors (Lipinski definition) is 7. The zero-order valence-electron chi connectivity index (χ0n) is 41.7. The van der Waals surface area contributed by atoms with Crippen molar-refractivity contribution in [2.24, 2.45) is 22.8 Å². The number of urea groups is 1. The Balaban J connectivity index is 1.22. The lowest BCUT2D eigenvalue weighted by Gasteiger charge is -2.31. The highest BCUT2D eigenvalue weighted by Crippen LogP contribution is 2.45. The van der Waals surface area contributed by atoms with Crippen molar-refractivity contribution in [2.45, 2.75) is 97.4 Å². The van der Waals surface area contributed by atoms with E-state index in [0.29, 0.717) is 73.2 Å². The van der Waals surface area contributed by atoms with Crippen molar-refractivity contribution in [2.75, 3.05) is 54.8 Å². The van der Waals surface area contributed by atoms with Gasteiger partial charge in [0.05, 0.1) is 24.1 Å². The van der Waals surface area contributed by atoms with E-state index in [1.54, 1.807) is 76.1 Å². The molecular formula is C53H69ClN8O9. The van der Waals surface area contributed by atoms with Gasteiger partial charge in [-0.3, -0.25) is 24.5 Å². The molecular weight excluding hydrogens is 928 g/mol. The zero-order valence-corrected chi connectivity index (χ0v) is 42.5. The van der Waals surface area contributed by atoms with E-state index in [-0.39, 0.29) is 43.2 Å². The van der Waals surface area contributed by atoms with Crippen molar-refractivity contribution in [1.29, 1.82) is 0 Å². The first-order valence-electron chi connectivity index (χ1n) is 23.8. The molecule has 5 rings (SSSR count). The molecule has 0 saturated heterocycles. The standard InChI is InChI=1S/C53H69ClN8O9/c1-33(2)46(61-49(66)52(3,4)25-28-71-53(5,6)24-26-55)48(65)59-41(13-10-27-57-50(56)67)47(64)58-37-19-14-35(15-20-37)32-70-51(68)60-42-29-43-45(40-12-9-8-11-39(40)42)36(30-54)31-62(43)44(63)23-18-34-16-21-38(69-7)22-17-34/h8-9,11-12,14-23,29,33,36,41,46H,10,13,24-28,30-32,55H2,1-7H3,(H,58,64)(H,59,65)(H,60,68)(H,61,66)(H3,56,57,67)/b23-18+. The van der Waals surface area contributed by atoms with Gasteiger partial charge in [0.1, 0.15) is 24.4 Å². The van der Waals surface area contributed by atoms with Gasteiger partial charge < -0.3 is 51.8 Å². The predicted molar refractivity (Wildman–Crippen MR) is 278 cm³/mol. The van der Waals surface area contributed by atoms with Crippen molar-refractivity contribution in [3.05, 3.63) is 102 Å². The predicted octanol–water partition coefficient (Wildman–Crippen LogP) is 7.55. The van der Waals surface area contributed by atoms with Gasteiger partial charge in [0.15, 0.2) is 0 Å². The number of fused-ring (bicyclic) bond motifs is 3. The molecule has 4 aromatic rings. The molecule has 0 aliphatic carbocycles. The third-order valence-corrected chi connectivity index (χ3v) is 12.8. The van der Waals surface area contributed by atoms with Gasteiger partial charge in [0.25, 0.3) is 5.91 Å². The molecule has 0 aromatic heterocycles. The highest BCUT2D eigenvalue weighted by Gasteiger charge is 2.36. The van der Waals surface area contributed by atoms with Crippen LogP contribution in [-0.2, 0) is 35.3 Å². The largest absolute Gasteiger partial charge is 0.497 e. The van der Waals surface area contributed by atoms with Crippen LogP contribution in [0.15, 0.2) is 84.9 Å². The molecule has 1 heterocycles. The maximum atomic E-state index is 13.8. The van der Waals surface area contributed by atoms with Crippen LogP contribution in [0, 0.1) is 11.3 Å². The minimum absolute atomic E-state index is 0.109. The molecule has 3 atom stereocenters. The first-order valence-corrected chi connectivity index (χ1v) is 24.4. The van der Waals surface area contributed by atoms with E-state index in [4.69, 9.17) is 37.3 Å². The zero-order chi connectivity index (χ0) is 51.9. The number of carbonyl (C=O) groups is 6. The third kappa shape index (κ3) is 15.7. The second-order valence-corrected chi connectivity index (χ2v) is 19.5. The van der Waals surface area contributed by atoms with Crippen LogP contribution >= 0.6 is 11.6 Å². The topological polar surface area (TPSA) is 246 Å². The van der Waals surface area contributed by atoms with E-state index in [2.05, 4.69) is 26.6 Å². The molecule has 0 bridgehead atoms. The molecule has 0 fully saturated rings. The van der Waals surface area contributed by atoms with Gasteiger partial charge in [0, 0.05) is 54.1 Å². The first-order chi connectivity index (χ1) is 33.7. The number of methoxy groups -OCH3 is 1. The SMILES string of the molecule is COc1ccc(/C=C/C(=O)N2CC(CCl)c3c2cc(NC(=O)OCc2ccc(NC(=O)C(CCCNC(N)=O)NC(=O)C(NC(=O)C(C)(C)CCOC(C)(C)CCN)C(C)C)cc2)c2ccccc32)cc1. The molecule has 9 N–H and O–H groups in total. The van der Waals surface area contributed by atoms with Crippen LogP contribution in [0.2, 0.25) is 0 Å². The van der Waals surface area contributed by atoms with Gasteiger partial charge in [0.2, 0.25) is 17.7 Å². The number of nitrogens with two attached hydrogens (primary N) is 2. The van der Waals surface area contributed by atoms with Crippen molar-refractivity contribution < 1.29 is 43.0 Å². The monoisotopic (exact) mass is 996 g/mol. The summed E-state index contributed by atoms with van der Waals surface area (Å²) in [5.74, 6) is -1.12. The number of rotatable bonds is 24. The van der Waals surface area contributed by atoms with Crippen molar-refractivity contribution in [1.82, 2.24) is 16.0 Å². The maximum Gasteiger partial charge on any atom is 0.411 e. The Labute approximate surface area is 421 Å². The second-order valence-electron chi connectivity index (χ2n) is 19.2. The van der Waals surface area contributed by atoms with Crippen molar-refractivity contribution in [3.63, 3.8) is 0 Å². The maximum absolute atomic E-state index is 13.8. The van der Waals surface area contributed by atoms with Crippen LogP contribution in [-0.4, -0.2) is 92.7 Å². The minimum Gasteiger partial charge on any atom is -0.497 e. The Morgan fingerprint density at radius 2 is 1.58 bits per heavy atom. The Morgan fingerprint density at radius 3 is 2.21 bits per heavy atom. The smallest absolute Gasteiger partial charge is 0.411 e. The molecule has 1 aliphatic heterocycles. The molecule has 71 heavy (non-hydrogen) atoms. The highest BCUT2D eigenvalue weighted by molar-refractivity contribution is 6.19. The van der Waals surface area contributed by atoms with Crippen LogP contribution < -0.4 is 47.7 Å². The molecule has 0 radical (unpaired) electrons. The van der Waals surface area contributed by atoms with Gasteiger partial charge in [-0.05, 0) is 110 Å². The molecule has 382 valence electrons. The number of anilines is 3. The van der Waals surface area contributed by atoms with Crippen molar-refractivity contribution >= 4 is 81.3 Å². The van der Waals surface area contributed by atoms with E-state index in [0.717, 1.165) is 21.9 Å². The van der Waals surface area contributed by atoms with E-state index in [1.165, 1.54) is 6.08 Å². The number of hydrogen-bond acceptors (Lipinski definition) is 10. The number of nitrogens with one attached hydrogen (secondary N) is 5. The summed E-state index contributed by atoms with van der Waals surface area (Å²) in [6.07, 6.45) is 4.03. The van der Waals surface area contributed by atoms with Gasteiger partial charge in [-0.25, -0.2) is 9.59 Å².